The van der Waals surface area contributed by atoms with E-state index < -0.39 is 5.63 Å². The van der Waals surface area contributed by atoms with Crippen LogP contribution in [-0.2, 0) is 6.42 Å². The zero-order chi connectivity index (χ0) is 16.9. The first kappa shape index (κ1) is 14.8. The monoisotopic (exact) mass is 322 g/mol. The van der Waals surface area contributed by atoms with Gasteiger partial charge in [-0.1, -0.05) is 30.3 Å². The predicted octanol–water partition coefficient (Wildman–Crippen LogP) is 4.27. The zero-order valence-electron chi connectivity index (χ0n) is 13.6. The number of fused-ring (bicyclic) bond motifs is 3. The van der Waals surface area contributed by atoms with Crippen LogP contribution in [0.2, 0.25) is 0 Å². The highest BCUT2D eigenvalue weighted by atomic mass is 16.5. The minimum atomic E-state index is -0.431. The van der Waals surface area contributed by atoms with Gasteiger partial charge in [0.15, 0.2) is 0 Å². The molecule has 0 atom stereocenters. The molecule has 0 saturated heterocycles. The van der Waals surface area contributed by atoms with Crippen LogP contribution in [0.15, 0.2) is 51.7 Å². The summed E-state index contributed by atoms with van der Waals surface area (Å²) < 4.78 is 11.4. The first-order chi connectivity index (χ1) is 11.4. The molecule has 3 aromatic rings. The molecule has 0 bridgehead atoms. The number of hydrogen-bond acceptors (Lipinski definition) is 4. The lowest BCUT2D eigenvalue weighted by Gasteiger charge is -2.33. The van der Waals surface area contributed by atoms with Gasteiger partial charge in [-0.05, 0) is 32.3 Å². The van der Waals surface area contributed by atoms with E-state index in [9.17, 15) is 9.90 Å². The van der Waals surface area contributed by atoms with Crippen LogP contribution in [0.4, 0.5) is 0 Å². The molecule has 24 heavy (non-hydrogen) atoms. The Morgan fingerprint density at radius 3 is 2.62 bits per heavy atom. The highest BCUT2D eigenvalue weighted by Gasteiger charge is 2.30. The molecule has 0 aliphatic carbocycles. The van der Waals surface area contributed by atoms with Gasteiger partial charge in [-0.3, -0.25) is 0 Å². The Morgan fingerprint density at radius 2 is 1.88 bits per heavy atom. The van der Waals surface area contributed by atoms with Crippen LogP contribution >= 0.6 is 0 Å². The summed E-state index contributed by atoms with van der Waals surface area (Å²) in [6.07, 6.45) is 1.56. The van der Waals surface area contributed by atoms with Gasteiger partial charge in [0, 0.05) is 23.3 Å². The molecule has 0 saturated carbocycles. The molecule has 122 valence electrons. The molecule has 0 unspecified atom stereocenters. The lowest BCUT2D eigenvalue weighted by Crippen LogP contribution is -2.32. The molecule has 0 fully saturated rings. The molecule has 4 nitrogen and oxygen atoms in total. The van der Waals surface area contributed by atoms with Crippen molar-refractivity contribution >= 4 is 11.0 Å². The van der Waals surface area contributed by atoms with Crippen molar-refractivity contribution in [1.82, 2.24) is 0 Å². The SMILES string of the molecule is CC1(C)CCc2c(cc(O)c3c(-c4ccccc4)cc(=O)oc23)O1. The van der Waals surface area contributed by atoms with Gasteiger partial charge in [0.2, 0.25) is 0 Å². The van der Waals surface area contributed by atoms with E-state index in [0.29, 0.717) is 22.3 Å². The van der Waals surface area contributed by atoms with Crippen molar-refractivity contribution in [3.8, 4) is 22.6 Å². The fraction of sp³-hybridized carbons (Fsp3) is 0.250. The Hall–Kier alpha value is -2.75. The first-order valence-corrected chi connectivity index (χ1v) is 8.02. The molecule has 1 aromatic heterocycles. The van der Waals surface area contributed by atoms with Gasteiger partial charge in [-0.2, -0.15) is 0 Å². The van der Waals surface area contributed by atoms with Gasteiger partial charge in [-0.25, -0.2) is 4.79 Å². The van der Waals surface area contributed by atoms with Gasteiger partial charge < -0.3 is 14.3 Å². The average molecular weight is 322 g/mol. The van der Waals surface area contributed by atoms with Crippen LogP contribution in [-0.4, -0.2) is 10.7 Å². The molecule has 1 aliphatic heterocycles. The van der Waals surface area contributed by atoms with Crippen molar-refractivity contribution in [1.29, 1.82) is 0 Å². The van der Waals surface area contributed by atoms with Gasteiger partial charge in [0.05, 0.1) is 5.39 Å². The fourth-order valence-electron chi connectivity index (χ4n) is 3.30. The Balaban J connectivity index is 2.06. The third kappa shape index (κ3) is 2.35. The van der Waals surface area contributed by atoms with E-state index in [4.69, 9.17) is 9.15 Å². The number of ether oxygens (including phenoxy) is 1. The van der Waals surface area contributed by atoms with Gasteiger partial charge in [0.1, 0.15) is 22.7 Å². The molecule has 4 heteroatoms. The molecule has 0 amide bonds. The lowest BCUT2D eigenvalue weighted by molar-refractivity contribution is 0.0846. The van der Waals surface area contributed by atoms with Gasteiger partial charge in [0.25, 0.3) is 0 Å². The maximum atomic E-state index is 12.1. The molecule has 1 N–H and O–H groups in total. The number of aryl methyl sites for hydroxylation is 1. The highest BCUT2D eigenvalue weighted by Crippen LogP contribution is 2.44. The van der Waals surface area contributed by atoms with Crippen molar-refractivity contribution in [2.24, 2.45) is 0 Å². The Morgan fingerprint density at radius 1 is 1.12 bits per heavy atom. The second-order valence-electron chi connectivity index (χ2n) is 6.78. The average Bonchev–Trinajstić information content (AvgIpc) is 2.53. The third-order valence-electron chi connectivity index (χ3n) is 4.50. The van der Waals surface area contributed by atoms with E-state index in [2.05, 4.69) is 0 Å². The predicted molar refractivity (Wildman–Crippen MR) is 92.6 cm³/mol. The first-order valence-electron chi connectivity index (χ1n) is 8.02. The maximum Gasteiger partial charge on any atom is 0.336 e. The second kappa shape index (κ2) is 5.13. The summed E-state index contributed by atoms with van der Waals surface area (Å²) in [6, 6.07) is 12.6. The largest absolute Gasteiger partial charge is 0.507 e. The summed E-state index contributed by atoms with van der Waals surface area (Å²) in [7, 11) is 0. The van der Waals surface area contributed by atoms with Crippen molar-refractivity contribution in [2.45, 2.75) is 32.3 Å². The minimum Gasteiger partial charge on any atom is -0.507 e. The van der Waals surface area contributed by atoms with Crippen molar-refractivity contribution in [2.75, 3.05) is 0 Å². The fourth-order valence-corrected chi connectivity index (χ4v) is 3.30. The lowest BCUT2D eigenvalue weighted by atomic mass is 9.91. The van der Waals surface area contributed by atoms with E-state index in [-0.39, 0.29) is 11.4 Å². The molecule has 4 rings (SSSR count). The van der Waals surface area contributed by atoms with Crippen LogP contribution in [0.3, 0.4) is 0 Å². The van der Waals surface area contributed by atoms with Crippen molar-refractivity contribution in [3.63, 3.8) is 0 Å². The van der Waals surface area contributed by atoms with E-state index in [1.807, 2.05) is 44.2 Å². The molecular formula is C20H18O4. The number of phenols is 1. The Kier molecular flexibility index (Phi) is 3.17. The quantitative estimate of drug-likeness (QED) is 0.680. The van der Waals surface area contributed by atoms with Crippen LogP contribution in [0, 0.1) is 0 Å². The van der Waals surface area contributed by atoms with Crippen LogP contribution in [0.5, 0.6) is 11.5 Å². The summed E-state index contributed by atoms with van der Waals surface area (Å²) >= 11 is 0. The van der Waals surface area contributed by atoms with Gasteiger partial charge in [-0.15, -0.1) is 0 Å². The number of rotatable bonds is 1. The molecule has 0 spiro atoms. The summed E-state index contributed by atoms with van der Waals surface area (Å²) in [5.41, 5.74) is 2.07. The third-order valence-corrected chi connectivity index (χ3v) is 4.50. The summed E-state index contributed by atoms with van der Waals surface area (Å²) in [5.74, 6) is 0.647. The Bertz CT molecular complexity index is 984. The van der Waals surface area contributed by atoms with E-state index in [0.717, 1.165) is 24.0 Å². The Labute approximate surface area is 139 Å². The van der Waals surface area contributed by atoms with Crippen molar-refractivity contribution in [3.05, 3.63) is 58.4 Å². The van der Waals surface area contributed by atoms with Crippen molar-refractivity contribution < 1.29 is 14.3 Å². The van der Waals surface area contributed by atoms with Gasteiger partial charge >= 0.3 is 5.63 Å². The molecule has 2 heterocycles. The standard InChI is InChI=1S/C20H18O4/c1-20(2)9-8-13-16(24-20)11-15(21)18-14(10-17(22)23-19(13)18)12-6-4-3-5-7-12/h3-7,10-11,21H,8-9H2,1-2H3. The second-order valence-corrected chi connectivity index (χ2v) is 6.78. The van der Waals surface area contributed by atoms with Crippen LogP contribution in [0.25, 0.3) is 22.1 Å². The van der Waals surface area contributed by atoms with Crippen LogP contribution < -0.4 is 10.4 Å². The molecule has 0 radical (unpaired) electrons. The smallest absolute Gasteiger partial charge is 0.336 e. The molecule has 2 aromatic carbocycles. The number of aromatic hydroxyl groups is 1. The van der Waals surface area contributed by atoms with E-state index in [1.54, 1.807) is 6.07 Å². The zero-order valence-corrected chi connectivity index (χ0v) is 13.6. The maximum absolute atomic E-state index is 12.1. The van der Waals surface area contributed by atoms with Crippen LogP contribution in [0.1, 0.15) is 25.8 Å². The topological polar surface area (TPSA) is 59.7 Å². The van der Waals surface area contributed by atoms with E-state index >= 15 is 0 Å². The minimum absolute atomic E-state index is 0.0593. The number of hydrogen-bond donors (Lipinski definition) is 1. The summed E-state index contributed by atoms with van der Waals surface area (Å²) in [4.78, 5) is 12.1. The van der Waals surface area contributed by atoms with E-state index in [1.165, 1.54) is 6.07 Å². The molecule has 1 aliphatic rings. The molecular weight excluding hydrogens is 304 g/mol. The number of benzene rings is 2. The normalized spacial score (nSPS) is 15.8. The highest BCUT2D eigenvalue weighted by molar-refractivity contribution is 6.00. The number of phenolic OH excluding ortho intramolecular Hbond substituents is 1. The summed E-state index contributed by atoms with van der Waals surface area (Å²) in [6.45, 7) is 4.02. The summed E-state index contributed by atoms with van der Waals surface area (Å²) in [5, 5.41) is 11.1.